The van der Waals surface area contributed by atoms with Crippen LogP contribution in [-0.2, 0) is 17.6 Å². The van der Waals surface area contributed by atoms with Crippen molar-refractivity contribution in [1.82, 2.24) is 4.98 Å². The number of fused-ring (bicyclic) bond motifs is 1. The third-order valence-corrected chi connectivity index (χ3v) is 5.77. The Morgan fingerprint density at radius 1 is 1.12 bits per heavy atom. The quantitative estimate of drug-likeness (QED) is 0.203. The molecule has 0 aliphatic rings. The van der Waals surface area contributed by atoms with Gasteiger partial charge in [-0.05, 0) is 43.2 Å². The highest BCUT2D eigenvalue weighted by Gasteiger charge is 2.14. The van der Waals surface area contributed by atoms with E-state index in [4.69, 9.17) is 13.9 Å². The van der Waals surface area contributed by atoms with Gasteiger partial charge in [0.15, 0.2) is 0 Å². The van der Waals surface area contributed by atoms with Gasteiger partial charge in [0, 0.05) is 22.9 Å². The fourth-order valence-corrected chi connectivity index (χ4v) is 4.35. The number of hydrogen-bond donors (Lipinski definition) is 0. The number of hydrogen-bond acceptors (Lipinski definition) is 7. The van der Waals surface area contributed by atoms with Gasteiger partial charge in [0.2, 0.25) is 0 Å². The lowest BCUT2D eigenvalue weighted by atomic mass is 10.1. The number of nitrogens with zero attached hydrogens (tertiary/aromatic N) is 1. The van der Waals surface area contributed by atoms with E-state index in [1.807, 2.05) is 42.6 Å². The predicted octanol–water partition coefficient (Wildman–Crippen LogP) is 5.42. The second-order valence-corrected chi connectivity index (χ2v) is 8.08. The molecule has 0 N–H and O–H groups in total. The van der Waals surface area contributed by atoms with Crippen molar-refractivity contribution in [2.75, 3.05) is 6.61 Å². The molecule has 7 heteroatoms. The molecule has 32 heavy (non-hydrogen) atoms. The zero-order valence-electron chi connectivity index (χ0n) is 17.9. The summed E-state index contributed by atoms with van der Waals surface area (Å²) in [6.07, 6.45) is 1.73. The maximum Gasteiger partial charge on any atom is 0.336 e. The van der Waals surface area contributed by atoms with Gasteiger partial charge in [-0.1, -0.05) is 25.5 Å². The zero-order valence-corrected chi connectivity index (χ0v) is 18.7. The molecule has 0 aliphatic heterocycles. The first-order valence-electron chi connectivity index (χ1n) is 10.5. The molecular formula is C25H23NO5S. The van der Waals surface area contributed by atoms with Crippen LogP contribution in [-0.4, -0.2) is 17.6 Å². The molecule has 0 amide bonds. The largest absolute Gasteiger partial charge is 0.493 e. The number of thiazole rings is 1. The third-order valence-electron chi connectivity index (χ3n) is 4.85. The van der Waals surface area contributed by atoms with E-state index in [0.29, 0.717) is 23.6 Å². The lowest BCUT2D eigenvalue weighted by Crippen LogP contribution is -2.11. The van der Waals surface area contributed by atoms with E-state index in [1.54, 1.807) is 12.1 Å². The summed E-state index contributed by atoms with van der Waals surface area (Å²) in [6, 6.07) is 14.3. The minimum absolute atomic E-state index is 0.0329. The number of para-hydroxylation sites is 1. The minimum Gasteiger partial charge on any atom is -0.493 e. The van der Waals surface area contributed by atoms with Crippen molar-refractivity contribution in [3.63, 3.8) is 0 Å². The average Bonchev–Trinajstić information content (AvgIpc) is 3.22. The second kappa shape index (κ2) is 9.78. The van der Waals surface area contributed by atoms with Gasteiger partial charge in [-0.2, -0.15) is 0 Å². The van der Waals surface area contributed by atoms with Crippen LogP contribution in [0.5, 0.6) is 11.5 Å². The fraction of sp³-hybridized carbons (Fsp3) is 0.240. The molecule has 0 saturated carbocycles. The van der Waals surface area contributed by atoms with Crippen molar-refractivity contribution >= 4 is 28.3 Å². The predicted molar refractivity (Wildman–Crippen MR) is 125 cm³/mol. The van der Waals surface area contributed by atoms with E-state index in [9.17, 15) is 9.59 Å². The van der Waals surface area contributed by atoms with Gasteiger partial charge in [-0.25, -0.2) is 9.78 Å². The number of ether oxygens (including phenoxy) is 2. The smallest absolute Gasteiger partial charge is 0.336 e. The van der Waals surface area contributed by atoms with E-state index < -0.39 is 11.6 Å². The molecule has 4 aromatic rings. The summed E-state index contributed by atoms with van der Waals surface area (Å²) < 4.78 is 16.5. The van der Waals surface area contributed by atoms with Gasteiger partial charge < -0.3 is 13.9 Å². The van der Waals surface area contributed by atoms with E-state index in [2.05, 4.69) is 11.9 Å². The van der Waals surface area contributed by atoms with Crippen LogP contribution in [0.4, 0.5) is 0 Å². The number of aromatic nitrogens is 1. The number of rotatable bonds is 8. The highest BCUT2D eigenvalue weighted by Crippen LogP contribution is 2.32. The molecule has 2 aromatic heterocycles. The van der Waals surface area contributed by atoms with Crippen LogP contribution in [0.25, 0.3) is 21.5 Å². The van der Waals surface area contributed by atoms with Crippen molar-refractivity contribution in [1.29, 1.82) is 0 Å². The lowest BCUT2D eigenvalue weighted by molar-refractivity contribution is -0.133. The molecule has 0 unspecified atom stereocenters. The number of carbonyl (C=O) groups excluding carboxylic acids is 1. The molecule has 2 aromatic carbocycles. The van der Waals surface area contributed by atoms with Crippen LogP contribution < -0.4 is 15.1 Å². The fourth-order valence-electron chi connectivity index (χ4n) is 3.50. The SMILES string of the molecule is CCCc1cc(=O)oc2cc(OC(=O)Cc3csc(-c4ccccc4OCC)n3)ccc12. The van der Waals surface area contributed by atoms with Crippen molar-refractivity contribution in [3.8, 4) is 22.1 Å². The van der Waals surface area contributed by atoms with Crippen molar-refractivity contribution in [2.45, 2.75) is 33.1 Å². The Bertz CT molecular complexity index is 1310. The van der Waals surface area contributed by atoms with Gasteiger partial charge in [0.05, 0.1) is 24.3 Å². The molecule has 0 bridgehead atoms. The van der Waals surface area contributed by atoms with Gasteiger partial charge in [-0.3, -0.25) is 4.79 Å². The summed E-state index contributed by atoms with van der Waals surface area (Å²) in [4.78, 5) is 28.9. The monoisotopic (exact) mass is 449 g/mol. The van der Waals surface area contributed by atoms with Gasteiger partial charge in [0.1, 0.15) is 22.1 Å². The molecular weight excluding hydrogens is 426 g/mol. The van der Waals surface area contributed by atoms with Gasteiger partial charge >= 0.3 is 11.6 Å². The second-order valence-electron chi connectivity index (χ2n) is 7.22. The van der Waals surface area contributed by atoms with Crippen LogP contribution in [0.15, 0.2) is 63.1 Å². The molecule has 0 atom stereocenters. The summed E-state index contributed by atoms with van der Waals surface area (Å²) >= 11 is 1.45. The summed E-state index contributed by atoms with van der Waals surface area (Å²) in [5.74, 6) is 0.654. The minimum atomic E-state index is -0.439. The number of aryl methyl sites for hydroxylation is 1. The zero-order chi connectivity index (χ0) is 22.5. The highest BCUT2D eigenvalue weighted by molar-refractivity contribution is 7.13. The lowest BCUT2D eigenvalue weighted by Gasteiger charge is -2.07. The van der Waals surface area contributed by atoms with Crippen LogP contribution in [0.1, 0.15) is 31.5 Å². The molecule has 0 fully saturated rings. The number of carbonyl (C=O) groups is 1. The Morgan fingerprint density at radius 3 is 2.78 bits per heavy atom. The summed E-state index contributed by atoms with van der Waals surface area (Å²) in [5.41, 5.74) is 2.45. The average molecular weight is 450 g/mol. The van der Waals surface area contributed by atoms with Crippen molar-refractivity contribution in [3.05, 3.63) is 75.6 Å². The molecule has 2 heterocycles. The molecule has 0 radical (unpaired) electrons. The maximum atomic E-state index is 12.5. The van der Waals surface area contributed by atoms with Crippen LogP contribution in [0.3, 0.4) is 0 Å². The molecule has 0 spiro atoms. The van der Waals surface area contributed by atoms with Crippen LogP contribution in [0, 0.1) is 0 Å². The Balaban J connectivity index is 1.49. The van der Waals surface area contributed by atoms with E-state index >= 15 is 0 Å². The highest BCUT2D eigenvalue weighted by atomic mass is 32.1. The standard InChI is InChI=1S/C25H23NO5S/c1-3-7-16-12-23(27)31-22-14-18(10-11-19(16)22)30-24(28)13-17-15-32-25(26-17)20-8-5-6-9-21(20)29-4-2/h5-6,8-12,14-15H,3-4,7,13H2,1-2H3. The van der Waals surface area contributed by atoms with Crippen molar-refractivity contribution in [2.24, 2.45) is 0 Å². The van der Waals surface area contributed by atoms with E-state index in [0.717, 1.165) is 40.1 Å². The molecule has 164 valence electrons. The number of benzene rings is 2. The summed E-state index contributed by atoms with van der Waals surface area (Å²) in [7, 11) is 0. The van der Waals surface area contributed by atoms with E-state index in [-0.39, 0.29) is 6.42 Å². The van der Waals surface area contributed by atoms with Gasteiger partial charge in [0.25, 0.3) is 0 Å². The summed E-state index contributed by atoms with van der Waals surface area (Å²) in [5, 5.41) is 3.48. The number of esters is 1. The normalized spacial score (nSPS) is 10.9. The Morgan fingerprint density at radius 2 is 1.97 bits per heavy atom. The maximum absolute atomic E-state index is 12.5. The molecule has 0 aliphatic carbocycles. The summed E-state index contributed by atoms with van der Waals surface area (Å²) in [6.45, 7) is 4.55. The first-order chi connectivity index (χ1) is 15.6. The van der Waals surface area contributed by atoms with Crippen LogP contribution in [0.2, 0.25) is 0 Å². The topological polar surface area (TPSA) is 78.6 Å². The van der Waals surface area contributed by atoms with Crippen LogP contribution >= 0.6 is 11.3 Å². The Kier molecular flexibility index (Phi) is 6.66. The molecule has 6 nitrogen and oxygen atoms in total. The first kappa shape index (κ1) is 21.8. The van der Waals surface area contributed by atoms with Gasteiger partial charge in [-0.15, -0.1) is 11.3 Å². The Labute approximate surface area is 189 Å². The Hall–Kier alpha value is -3.45. The molecule has 4 rings (SSSR count). The van der Waals surface area contributed by atoms with E-state index in [1.165, 1.54) is 17.4 Å². The third kappa shape index (κ3) is 4.89. The van der Waals surface area contributed by atoms with Crippen molar-refractivity contribution < 1.29 is 18.7 Å². The first-order valence-corrected chi connectivity index (χ1v) is 11.4. The molecule has 0 saturated heterocycles.